The van der Waals surface area contributed by atoms with Crippen LogP contribution in [-0.4, -0.2) is 27.8 Å². The number of carboxylic acid groups (broad SMARTS) is 1. The second kappa shape index (κ2) is 5.58. The molecule has 0 spiro atoms. The minimum atomic E-state index is -1.43. The van der Waals surface area contributed by atoms with Crippen molar-refractivity contribution >= 4 is 23.3 Å². The Bertz CT molecular complexity index is 736. The zero-order chi connectivity index (χ0) is 15.6. The van der Waals surface area contributed by atoms with Crippen molar-refractivity contribution in [3.05, 3.63) is 53.1 Å². The number of nitrogens with one attached hydrogen (secondary N) is 2. The lowest BCUT2D eigenvalue weighted by molar-refractivity contribution is 0.0691. The zero-order valence-corrected chi connectivity index (χ0v) is 10.9. The standard InChI is InChI=1S/C14H11FN2O4/c1-7(18)8-4-12(16-6-8)13(19)17-9-2-3-11(15)10(5-9)14(20)21/h2-6,16H,1H3,(H,17,19)(H,20,21). The fourth-order valence-electron chi connectivity index (χ4n) is 1.69. The fraction of sp³-hybridized carbons (Fsp3) is 0.0714. The van der Waals surface area contributed by atoms with Crippen LogP contribution in [0.25, 0.3) is 0 Å². The van der Waals surface area contributed by atoms with Crippen LogP contribution in [-0.2, 0) is 0 Å². The van der Waals surface area contributed by atoms with Gasteiger partial charge in [0.2, 0.25) is 0 Å². The Kier molecular flexibility index (Phi) is 3.84. The van der Waals surface area contributed by atoms with Crippen molar-refractivity contribution in [3.63, 3.8) is 0 Å². The van der Waals surface area contributed by atoms with E-state index in [1.807, 2.05) is 0 Å². The van der Waals surface area contributed by atoms with Crippen LogP contribution in [0, 0.1) is 5.82 Å². The molecule has 0 aliphatic rings. The summed E-state index contributed by atoms with van der Waals surface area (Å²) in [4.78, 5) is 36.5. The highest BCUT2D eigenvalue weighted by Crippen LogP contribution is 2.16. The number of hydrogen-bond acceptors (Lipinski definition) is 3. The lowest BCUT2D eigenvalue weighted by atomic mass is 10.2. The van der Waals surface area contributed by atoms with E-state index in [9.17, 15) is 18.8 Å². The highest BCUT2D eigenvalue weighted by atomic mass is 19.1. The van der Waals surface area contributed by atoms with Crippen LogP contribution in [0.3, 0.4) is 0 Å². The summed E-state index contributed by atoms with van der Waals surface area (Å²) < 4.78 is 13.2. The number of hydrogen-bond donors (Lipinski definition) is 3. The van der Waals surface area contributed by atoms with Gasteiger partial charge in [-0.05, 0) is 31.2 Å². The molecule has 7 heteroatoms. The number of aromatic carboxylic acids is 1. The molecule has 3 N–H and O–H groups in total. The van der Waals surface area contributed by atoms with Crippen molar-refractivity contribution in [1.82, 2.24) is 4.98 Å². The lowest BCUT2D eigenvalue weighted by Crippen LogP contribution is -2.13. The minimum absolute atomic E-state index is 0.137. The van der Waals surface area contributed by atoms with Crippen LogP contribution in [0.2, 0.25) is 0 Å². The van der Waals surface area contributed by atoms with Gasteiger partial charge in [0.05, 0.1) is 5.56 Å². The number of amides is 1. The predicted molar refractivity (Wildman–Crippen MR) is 72.1 cm³/mol. The second-order valence-corrected chi connectivity index (χ2v) is 4.31. The van der Waals surface area contributed by atoms with E-state index in [1.165, 1.54) is 25.3 Å². The molecule has 0 aliphatic carbocycles. The Morgan fingerprint density at radius 3 is 2.52 bits per heavy atom. The number of ketones is 1. The third-order valence-electron chi connectivity index (χ3n) is 2.79. The predicted octanol–water partition coefficient (Wildman–Crippen LogP) is 2.31. The molecular weight excluding hydrogens is 279 g/mol. The summed E-state index contributed by atoms with van der Waals surface area (Å²) >= 11 is 0. The number of benzene rings is 1. The second-order valence-electron chi connectivity index (χ2n) is 4.31. The molecule has 0 aliphatic heterocycles. The van der Waals surface area contributed by atoms with Gasteiger partial charge >= 0.3 is 5.97 Å². The number of aromatic nitrogens is 1. The molecule has 0 radical (unpaired) electrons. The van der Waals surface area contributed by atoms with Gasteiger partial charge in [0.25, 0.3) is 5.91 Å². The van der Waals surface area contributed by atoms with Crippen LogP contribution in [0.5, 0.6) is 0 Å². The molecule has 0 saturated heterocycles. The average Bonchev–Trinajstić information content (AvgIpc) is 2.90. The summed E-state index contributed by atoms with van der Waals surface area (Å²) in [5.41, 5.74) is 0.0911. The van der Waals surface area contributed by atoms with E-state index in [4.69, 9.17) is 5.11 Å². The lowest BCUT2D eigenvalue weighted by Gasteiger charge is -2.05. The van der Waals surface area contributed by atoms with Gasteiger partial charge in [-0.15, -0.1) is 0 Å². The first kappa shape index (κ1) is 14.4. The number of carbonyl (C=O) groups is 3. The van der Waals surface area contributed by atoms with E-state index in [1.54, 1.807) is 0 Å². The number of carbonyl (C=O) groups excluding carboxylic acids is 2. The quantitative estimate of drug-likeness (QED) is 0.752. The maximum absolute atomic E-state index is 13.2. The molecule has 1 heterocycles. The zero-order valence-electron chi connectivity index (χ0n) is 10.9. The number of anilines is 1. The molecule has 0 unspecified atom stereocenters. The molecule has 0 fully saturated rings. The number of aromatic amines is 1. The first-order chi connectivity index (χ1) is 9.88. The number of rotatable bonds is 4. The highest BCUT2D eigenvalue weighted by Gasteiger charge is 2.14. The van der Waals surface area contributed by atoms with E-state index in [-0.39, 0.29) is 17.2 Å². The molecule has 108 valence electrons. The molecule has 2 rings (SSSR count). The molecule has 21 heavy (non-hydrogen) atoms. The SMILES string of the molecule is CC(=O)c1c[nH]c(C(=O)Nc2ccc(F)c(C(=O)O)c2)c1. The minimum Gasteiger partial charge on any atom is -0.478 e. The van der Waals surface area contributed by atoms with Crippen molar-refractivity contribution in [3.8, 4) is 0 Å². The molecule has 1 aromatic carbocycles. The van der Waals surface area contributed by atoms with Gasteiger partial charge in [0.1, 0.15) is 11.5 Å². The monoisotopic (exact) mass is 290 g/mol. The molecule has 6 nitrogen and oxygen atoms in total. The summed E-state index contributed by atoms with van der Waals surface area (Å²) in [6.45, 7) is 1.37. The molecule has 2 aromatic rings. The molecular formula is C14H11FN2O4. The van der Waals surface area contributed by atoms with Gasteiger partial charge in [-0.3, -0.25) is 9.59 Å². The molecule has 0 saturated carbocycles. The first-order valence-corrected chi connectivity index (χ1v) is 5.92. The topological polar surface area (TPSA) is 99.3 Å². The van der Waals surface area contributed by atoms with E-state index in [0.717, 1.165) is 12.1 Å². The summed E-state index contributed by atoms with van der Waals surface area (Å²) in [7, 11) is 0. The smallest absolute Gasteiger partial charge is 0.338 e. The first-order valence-electron chi connectivity index (χ1n) is 5.92. The van der Waals surface area contributed by atoms with Crippen LogP contribution < -0.4 is 5.32 Å². The molecule has 0 atom stereocenters. The van der Waals surface area contributed by atoms with Gasteiger partial charge in [-0.25, -0.2) is 9.18 Å². The molecule has 1 amide bonds. The largest absolute Gasteiger partial charge is 0.478 e. The average molecular weight is 290 g/mol. The molecule has 0 bridgehead atoms. The summed E-state index contributed by atoms with van der Waals surface area (Å²) in [5, 5.41) is 11.2. The van der Waals surface area contributed by atoms with Crippen molar-refractivity contribution in [2.75, 3.05) is 5.32 Å². The maximum Gasteiger partial charge on any atom is 0.338 e. The van der Waals surface area contributed by atoms with Gasteiger partial charge in [0, 0.05) is 17.4 Å². The normalized spacial score (nSPS) is 10.2. The third kappa shape index (κ3) is 3.14. The van der Waals surface area contributed by atoms with Crippen LogP contribution in [0.1, 0.15) is 38.1 Å². The van der Waals surface area contributed by atoms with Crippen molar-refractivity contribution in [2.24, 2.45) is 0 Å². The molecule has 1 aromatic heterocycles. The number of Topliss-reactive ketones (excluding diaryl/α,β-unsaturated/α-hetero) is 1. The Hall–Kier alpha value is -2.96. The number of H-pyrrole nitrogens is 1. The number of halogens is 1. The summed E-state index contributed by atoms with van der Waals surface area (Å²) in [6, 6.07) is 4.59. The Labute approximate surface area is 118 Å². The van der Waals surface area contributed by atoms with Gasteiger partial charge in [-0.2, -0.15) is 0 Å². The number of carboxylic acids is 1. The van der Waals surface area contributed by atoms with Crippen LogP contribution >= 0.6 is 0 Å². The van der Waals surface area contributed by atoms with Gasteiger partial charge < -0.3 is 15.4 Å². The van der Waals surface area contributed by atoms with Crippen LogP contribution in [0.4, 0.5) is 10.1 Å². The van der Waals surface area contributed by atoms with Gasteiger partial charge in [-0.1, -0.05) is 0 Å². The van der Waals surface area contributed by atoms with Crippen LogP contribution in [0.15, 0.2) is 30.5 Å². The van der Waals surface area contributed by atoms with Gasteiger partial charge in [0.15, 0.2) is 5.78 Å². The summed E-state index contributed by atoms with van der Waals surface area (Å²) in [6.07, 6.45) is 1.39. The van der Waals surface area contributed by atoms with Crippen molar-refractivity contribution in [2.45, 2.75) is 6.92 Å². The fourth-order valence-corrected chi connectivity index (χ4v) is 1.69. The van der Waals surface area contributed by atoms with E-state index in [0.29, 0.717) is 5.56 Å². The highest BCUT2D eigenvalue weighted by molar-refractivity contribution is 6.05. The van der Waals surface area contributed by atoms with E-state index < -0.39 is 23.3 Å². The van der Waals surface area contributed by atoms with Crippen molar-refractivity contribution < 1.29 is 23.9 Å². The Morgan fingerprint density at radius 2 is 1.95 bits per heavy atom. The summed E-state index contributed by atoms with van der Waals surface area (Å²) in [5.74, 6) is -3.08. The Balaban J connectivity index is 2.21. The van der Waals surface area contributed by atoms with E-state index in [2.05, 4.69) is 10.3 Å². The Morgan fingerprint density at radius 1 is 1.24 bits per heavy atom. The third-order valence-corrected chi connectivity index (χ3v) is 2.79. The van der Waals surface area contributed by atoms with Crippen molar-refractivity contribution in [1.29, 1.82) is 0 Å². The van der Waals surface area contributed by atoms with E-state index >= 15 is 0 Å². The maximum atomic E-state index is 13.2.